The molecule has 0 unspecified atom stereocenters. The molecule has 0 saturated carbocycles. The van der Waals surface area contributed by atoms with Crippen LogP contribution in [0.2, 0.25) is 0 Å². The van der Waals surface area contributed by atoms with E-state index in [0.29, 0.717) is 6.54 Å². The van der Waals surface area contributed by atoms with Gasteiger partial charge in [0.2, 0.25) is 0 Å². The molecule has 0 fully saturated rings. The molecular weight excluding hydrogens is 224 g/mol. The highest BCUT2D eigenvalue weighted by Crippen LogP contribution is 2.19. The lowest BCUT2D eigenvalue weighted by Crippen LogP contribution is -2.24. The quantitative estimate of drug-likeness (QED) is 0.802. The summed E-state index contributed by atoms with van der Waals surface area (Å²) in [6.07, 6.45) is 1.25. The van der Waals surface area contributed by atoms with Gasteiger partial charge >= 0.3 is 0 Å². The summed E-state index contributed by atoms with van der Waals surface area (Å²) in [6, 6.07) is 5.68. The number of aryl methyl sites for hydroxylation is 1. The van der Waals surface area contributed by atoms with Gasteiger partial charge in [0.25, 0.3) is 0 Å². The number of hydrogen-bond donors (Lipinski definition) is 1. The molecule has 0 aliphatic heterocycles. The van der Waals surface area contributed by atoms with E-state index in [1.165, 1.54) is 6.26 Å². The van der Waals surface area contributed by atoms with Crippen LogP contribution in [0.25, 0.3) is 0 Å². The van der Waals surface area contributed by atoms with E-state index in [-0.39, 0.29) is 5.75 Å². The minimum atomic E-state index is -2.91. The van der Waals surface area contributed by atoms with Crippen molar-refractivity contribution in [3.8, 4) is 0 Å². The first-order valence-electron chi connectivity index (χ1n) is 5.04. The Balaban J connectivity index is 2.73. The normalized spacial score (nSPS) is 11.4. The highest BCUT2D eigenvalue weighted by molar-refractivity contribution is 7.90. The van der Waals surface area contributed by atoms with Crippen molar-refractivity contribution in [2.45, 2.75) is 6.92 Å². The second kappa shape index (κ2) is 4.74. The number of benzene rings is 1. The number of hydrogen-bond acceptors (Lipinski definition) is 4. The average Bonchev–Trinajstić information content (AvgIpc) is 2.17. The maximum Gasteiger partial charge on any atom is 0.149 e. The summed E-state index contributed by atoms with van der Waals surface area (Å²) < 4.78 is 22.1. The van der Waals surface area contributed by atoms with E-state index < -0.39 is 9.84 Å². The standard InChI is InChI=1S/C11H18N2O2S/c1-9-8-10(4-5-11(9)12)13(2)6-7-16(3,14)15/h4-5,8H,6-7,12H2,1-3H3. The zero-order valence-corrected chi connectivity index (χ0v) is 10.7. The monoisotopic (exact) mass is 242 g/mol. The van der Waals surface area contributed by atoms with Gasteiger partial charge in [-0.2, -0.15) is 0 Å². The molecule has 0 amide bonds. The van der Waals surface area contributed by atoms with Crippen LogP contribution in [0.3, 0.4) is 0 Å². The lowest BCUT2D eigenvalue weighted by atomic mass is 10.2. The van der Waals surface area contributed by atoms with Crippen LogP contribution in [0.4, 0.5) is 11.4 Å². The minimum absolute atomic E-state index is 0.160. The predicted octanol–water partition coefficient (Wildman–Crippen LogP) is 1.06. The van der Waals surface area contributed by atoms with Gasteiger partial charge in [0.05, 0.1) is 5.75 Å². The van der Waals surface area contributed by atoms with Crippen molar-refractivity contribution in [1.29, 1.82) is 0 Å². The predicted molar refractivity (Wildman–Crippen MR) is 68.6 cm³/mol. The Kier molecular flexibility index (Phi) is 3.80. The van der Waals surface area contributed by atoms with E-state index in [0.717, 1.165) is 16.9 Å². The van der Waals surface area contributed by atoms with Gasteiger partial charge in [-0.3, -0.25) is 0 Å². The topological polar surface area (TPSA) is 63.4 Å². The average molecular weight is 242 g/mol. The zero-order valence-electron chi connectivity index (χ0n) is 9.90. The highest BCUT2D eigenvalue weighted by Gasteiger charge is 2.07. The van der Waals surface area contributed by atoms with E-state index in [4.69, 9.17) is 5.73 Å². The van der Waals surface area contributed by atoms with Crippen LogP contribution in [0.15, 0.2) is 18.2 Å². The fraction of sp³-hybridized carbons (Fsp3) is 0.455. The summed E-state index contributed by atoms with van der Waals surface area (Å²) in [7, 11) is -1.04. The van der Waals surface area contributed by atoms with Crippen molar-refractivity contribution in [3.05, 3.63) is 23.8 Å². The Morgan fingerprint density at radius 1 is 1.38 bits per heavy atom. The molecule has 0 aliphatic carbocycles. The number of nitrogens with zero attached hydrogens (tertiary/aromatic N) is 1. The molecule has 0 saturated heterocycles. The molecule has 2 N–H and O–H groups in total. The molecule has 0 atom stereocenters. The maximum atomic E-state index is 11.0. The molecule has 0 heterocycles. The third-order valence-corrected chi connectivity index (χ3v) is 3.42. The highest BCUT2D eigenvalue weighted by atomic mass is 32.2. The maximum absolute atomic E-state index is 11.0. The van der Waals surface area contributed by atoms with Crippen LogP contribution >= 0.6 is 0 Å². The second-order valence-corrected chi connectivity index (χ2v) is 6.35. The summed E-state index contributed by atoms with van der Waals surface area (Å²) in [5.74, 6) is 0.160. The van der Waals surface area contributed by atoms with Gasteiger partial charge in [0.15, 0.2) is 0 Å². The van der Waals surface area contributed by atoms with Crippen LogP contribution < -0.4 is 10.6 Å². The fourth-order valence-electron chi connectivity index (χ4n) is 1.33. The molecule has 1 aromatic carbocycles. The molecule has 0 spiro atoms. The van der Waals surface area contributed by atoms with Gasteiger partial charge in [-0.25, -0.2) is 8.42 Å². The number of anilines is 2. The Morgan fingerprint density at radius 3 is 2.50 bits per heavy atom. The molecule has 1 aromatic rings. The molecule has 0 radical (unpaired) electrons. The Bertz CT molecular complexity index is 469. The van der Waals surface area contributed by atoms with Crippen LogP contribution in [-0.2, 0) is 9.84 Å². The molecule has 0 bridgehead atoms. The first-order valence-corrected chi connectivity index (χ1v) is 7.10. The van der Waals surface area contributed by atoms with Gasteiger partial charge in [0.1, 0.15) is 9.84 Å². The van der Waals surface area contributed by atoms with Crippen molar-refractivity contribution in [3.63, 3.8) is 0 Å². The summed E-state index contributed by atoms with van der Waals surface area (Å²) in [6.45, 7) is 2.42. The summed E-state index contributed by atoms with van der Waals surface area (Å²) >= 11 is 0. The Hall–Kier alpha value is -1.23. The van der Waals surface area contributed by atoms with Gasteiger partial charge in [-0.1, -0.05) is 0 Å². The van der Waals surface area contributed by atoms with Crippen LogP contribution in [0.1, 0.15) is 5.56 Å². The second-order valence-electron chi connectivity index (χ2n) is 4.09. The molecule has 5 heteroatoms. The molecule has 0 aliphatic rings. The lowest BCUT2D eigenvalue weighted by Gasteiger charge is -2.19. The number of nitrogens with two attached hydrogens (primary N) is 1. The van der Waals surface area contributed by atoms with E-state index in [1.54, 1.807) is 0 Å². The summed E-state index contributed by atoms with van der Waals surface area (Å²) in [5.41, 5.74) is 8.45. The van der Waals surface area contributed by atoms with Crippen molar-refractivity contribution in [2.24, 2.45) is 0 Å². The Morgan fingerprint density at radius 2 is 2.00 bits per heavy atom. The lowest BCUT2D eigenvalue weighted by molar-refractivity contribution is 0.601. The third-order valence-electron chi connectivity index (χ3n) is 2.49. The fourth-order valence-corrected chi connectivity index (χ4v) is 1.93. The summed E-state index contributed by atoms with van der Waals surface area (Å²) in [5, 5.41) is 0. The largest absolute Gasteiger partial charge is 0.399 e. The first-order chi connectivity index (χ1) is 7.29. The van der Waals surface area contributed by atoms with Crippen molar-refractivity contribution in [2.75, 3.05) is 36.2 Å². The van der Waals surface area contributed by atoms with Gasteiger partial charge in [-0.15, -0.1) is 0 Å². The molecule has 4 nitrogen and oxygen atoms in total. The third kappa shape index (κ3) is 3.73. The van der Waals surface area contributed by atoms with Crippen molar-refractivity contribution < 1.29 is 8.42 Å². The molecule has 90 valence electrons. The van der Waals surface area contributed by atoms with E-state index in [2.05, 4.69) is 0 Å². The van der Waals surface area contributed by atoms with Gasteiger partial charge < -0.3 is 10.6 Å². The van der Waals surface area contributed by atoms with E-state index in [1.807, 2.05) is 37.1 Å². The number of rotatable bonds is 4. The number of sulfone groups is 1. The van der Waals surface area contributed by atoms with E-state index >= 15 is 0 Å². The number of nitrogen functional groups attached to an aromatic ring is 1. The van der Waals surface area contributed by atoms with E-state index in [9.17, 15) is 8.42 Å². The summed E-state index contributed by atoms with van der Waals surface area (Å²) in [4.78, 5) is 1.91. The van der Waals surface area contributed by atoms with Crippen molar-refractivity contribution in [1.82, 2.24) is 0 Å². The Labute approximate surface area is 97.0 Å². The smallest absolute Gasteiger partial charge is 0.149 e. The molecule has 0 aromatic heterocycles. The molecular formula is C11H18N2O2S. The van der Waals surface area contributed by atoms with Gasteiger partial charge in [0, 0.05) is 31.2 Å². The zero-order chi connectivity index (χ0) is 12.3. The van der Waals surface area contributed by atoms with Crippen molar-refractivity contribution >= 4 is 21.2 Å². The molecule has 1 rings (SSSR count). The first kappa shape index (κ1) is 12.8. The van der Waals surface area contributed by atoms with Crippen LogP contribution in [0.5, 0.6) is 0 Å². The van der Waals surface area contributed by atoms with Crippen LogP contribution in [-0.4, -0.2) is 34.0 Å². The molecule has 16 heavy (non-hydrogen) atoms. The SMILES string of the molecule is Cc1cc(N(C)CCS(C)(=O)=O)ccc1N. The van der Waals surface area contributed by atoms with Gasteiger partial charge in [-0.05, 0) is 30.7 Å². The van der Waals surface area contributed by atoms with Crippen LogP contribution in [0, 0.1) is 6.92 Å². The minimum Gasteiger partial charge on any atom is -0.399 e.